The van der Waals surface area contributed by atoms with Crippen LogP contribution in [0.3, 0.4) is 0 Å². The zero-order valence-electron chi connectivity index (χ0n) is 1.82. The molecule has 0 spiro atoms. The fourth-order valence-corrected chi connectivity index (χ4v) is 0. The van der Waals surface area contributed by atoms with Gasteiger partial charge in [-0.2, -0.15) is 0 Å². The lowest BCUT2D eigenvalue weighted by Crippen LogP contribution is -2.53. The van der Waals surface area contributed by atoms with Gasteiger partial charge in [0.25, 0.3) is 0 Å². The average Bonchev–Trinajstić information content (AvgIpc) is 0.918. The Kier molecular flexibility index (Phi) is 42.6. The number of nitrogens with one attached hydrogen (secondary N) is 1. The highest BCUT2D eigenvalue weighted by molar-refractivity contribution is 5.75. The third-order valence-electron chi connectivity index (χ3n) is 0. The quantitative estimate of drug-likeness (QED) is 0.205. The Hall–Kier alpha value is -0.383. The Bertz CT molecular complexity index is 13.5. The van der Waals surface area contributed by atoms with E-state index >= 15 is 0 Å². The fraction of sp³-hybridized carbons (Fsp3) is 0. The van der Waals surface area contributed by atoms with E-state index in [-0.39, 0.29) is 16.3 Å². The normalized spacial score (nSPS) is 3.00. The second-order valence-electron chi connectivity index (χ2n) is 0.0833. The lowest BCUT2D eigenvalue weighted by Gasteiger charge is -1.36. The molecule has 0 aromatic carbocycles. The zero-order chi connectivity index (χ0) is 2.71. The van der Waals surface area contributed by atoms with Crippen molar-refractivity contribution in [1.82, 2.24) is 0 Å². The summed E-state index contributed by atoms with van der Waals surface area (Å²) in [6.07, 6.45) is 0. The van der Waals surface area contributed by atoms with E-state index in [4.69, 9.17) is 10.1 Å². The molecule has 0 unspecified atom stereocenters. The maximum Gasteiger partial charge on any atom is 0.00366 e. The SMILES string of the molecule is O=[NH+][O-].[Si]. The van der Waals surface area contributed by atoms with Crippen LogP contribution in [0.2, 0.25) is 0 Å². The van der Waals surface area contributed by atoms with Gasteiger partial charge in [-0.05, 0) is 0 Å². The molecular weight excluding hydrogens is 74.1 g/mol. The van der Waals surface area contributed by atoms with Gasteiger partial charge in [0.05, 0.1) is 0 Å². The van der Waals surface area contributed by atoms with E-state index in [1.54, 1.807) is 0 Å². The highest BCUT2D eigenvalue weighted by atomic mass is 28.1. The standard InChI is InChI=1S/HNO2.Si/c2-1-3;/h1H;. The van der Waals surface area contributed by atoms with E-state index in [9.17, 15) is 0 Å². The van der Waals surface area contributed by atoms with E-state index < -0.39 is 0 Å². The molecule has 0 aromatic heterocycles. The van der Waals surface area contributed by atoms with Gasteiger partial charge in [-0.1, -0.05) is 0 Å². The maximum absolute atomic E-state index is 8.12. The van der Waals surface area contributed by atoms with E-state index in [1.165, 1.54) is 0 Å². The van der Waals surface area contributed by atoms with Crippen molar-refractivity contribution in [2.75, 3.05) is 0 Å². The molecule has 3 nitrogen and oxygen atoms in total. The van der Waals surface area contributed by atoms with Gasteiger partial charge < -0.3 is 0 Å². The smallest absolute Gasteiger partial charge is 0.00366 e. The number of rotatable bonds is 0. The summed E-state index contributed by atoms with van der Waals surface area (Å²) in [6, 6.07) is 0. The summed E-state index contributed by atoms with van der Waals surface area (Å²) in [5.41, 5.74) is 0. The summed E-state index contributed by atoms with van der Waals surface area (Å²) in [4.78, 5) is 8.12. The van der Waals surface area contributed by atoms with Gasteiger partial charge in [0, 0.05) is 16.3 Å². The van der Waals surface area contributed by atoms with Crippen LogP contribution in [0.4, 0.5) is 0 Å². The lowest BCUT2D eigenvalue weighted by atomic mass is 13.4. The highest BCUT2D eigenvalue weighted by Crippen LogP contribution is 0.618. The summed E-state index contributed by atoms with van der Waals surface area (Å²) < 4.78 is 0. The van der Waals surface area contributed by atoms with Crippen LogP contribution in [0.1, 0.15) is 0 Å². The van der Waals surface area contributed by atoms with Crippen LogP contribution in [0.15, 0.2) is 0 Å². The largest absolute Gasteiger partial charge is 0.267 e. The summed E-state index contributed by atoms with van der Waals surface area (Å²) in [5.74, 6) is 0. The minimum atomic E-state index is 0. The Labute approximate surface area is 27.6 Å². The molecule has 4 radical (unpaired) electrons. The van der Waals surface area contributed by atoms with Crippen LogP contribution in [0.5, 0.6) is 0 Å². The van der Waals surface area contributed by atoms with Crippen LogP contribution >= 0.6 is 0 Å². The molecule has 0 aliphatic carbocycles. The third kappa shape index (κ3) is 4.19. The van der Waals surface area contributed by atoms with Crippen molar-refractivity contribution in [3.63, 3.8) is 0 Å². The van der Waals surface area contributed by atoms with Gasteiger partial charge in [-0.15, -0.1) is 0 Å². The van der Waals surface area contributed by atoms with Crippen LogP contribution in [-0.4, -0.2) is 11.0 Å². The maximum atomic E-state index is 8.12. The molecule has 0 saturated carbocycles. The second kappa shape index (κ2) is 18.0. The third-order valence-corrected chi connectivity index (χ3v) is 0. The topological polar surface area (TPSA) is 54.1 Å². The molecule has 0 bridgehead atoms. The minimum absolute atomic E-state index is 0. The first kappa shape index (κ1) is 9.47. The van der Waals surface area contributed by atoms with Crippen LogP contribution in [0.25, 0.3) is 0 Å². The van der Waals surface area contributed by atoms with Crippen molar-refractivity contribution in [3.8, 4) is 0 Å². The Balaban J connectivity index is 0. The molecule has 0 rings (SSSR count). The van der Waals surface area contributed by atoms with Crippen molar-refractivity contribution < 1.29 is 5.34 Å². The summed E-state index contributed by atoms with van der Waals surface area (Å²) >= 11 is 0. The first-order chi connectivity index (χ1) is 1.41. The molecule has 0 fully saturated rings. The van der Waals surface area contributed by atoms with E-state index in [2.05, 4.69) is 0 Å². The van der Waals surface area contributed by atoms with Gasteiger partial charge in [-0.25, -0.2) is 0 Å². The zero-order valence-corrected chi connectivity index (χ0v) is 2.82. The monoisotopic (exact) mass is 75.0 g/mol. The second-order valence-corrected chi connectivity index (χ2v) is 0.0833. The summed E-state index contributed by atoms with van der Waals surface area (Å²) in [5, 5.41) is 8.38. The summed E-state index contributed by atoms with van der Waals surface area (Å²) in [7, 11) is 0. The molecule has 0 amide bonds. The highest BCUT2D eigenvalue weighted by Gasteiger charge is 1.10. The van der Waals surface area contributed by atoms with E-state index in [1.807, 2.05) is 0 Å². The van der Waals surface area contributed by atoms with Crippen molar-refractivity contribution in [2.24, 2.45) is 0 Å². The van der Waals surface area contributed by atoms with E-state index in [0.29, 0.717) is 0 Å². The predicted octanol–water partition coefficient (Wildman–Crippen LogP) is -2.05. The molecule has 1 N–H and O–H groups in total. The van der Waals surface area contributed by atoms with Gasteiger partial charge in [0.15, 0.2) is 0 Å². The van der Waals surface area contributed by atoms with Crippen LogP contribution in [-0.2, 0) is 0 Å². The van der Waals surface area contributed by atoms with Crippen LogP contribution in [0, 0.1) is 10.1 Å². The molecule has 4 heavy (non-hydrogen) atoms. The summed E-state index contributed by atoms with van der Waals surface area (Å²) in [6.45, 7) is 0. The first-order valence-electron chi connectivity index (χ1n) is 0.408. The molecule has 22 valence electrons. The molecule has 4 heteroatoms. The van der Waals surface area contributed by atoms with E-state index in [0.717, 1.165) is 0 Å². The van der Waals surface area contributed by atoms with Crippen molar-refractivity contribution in [1.29, 1.82) is 0 Å². The molecular formula is HNO2Si. The lowest BCUT2D eigenvalue weighted by molar-refractivity contribution is -0.398. The fourth-order valence-electron chi connectivity index (χ4n) is 0. The molecule has 0 aliphatic heterocycles. The average molecular weight is 75.1 g/mol. The minimum Gasteiger partial charge on any atom is -0.267 e. The molecule has 0 heterocycles. The Morgan fingerprint density at radius 3 is 1.75 bits per heavy atom. The van der Waals surface area contributed by atoms with Crippen molar-refractivity contribution >= 4 is 11.0 Å². The molecule has 0 saturated heterocycles. The van der Waals surface area contributed by atoms with Gasteiger partial charge in [0.2, 0.25) is 0 Å². The first-order valence-corrected chi connectivity index (χ1v) is 0.408. The predicted molar refractivity (Wildman–Crippen MR) is 13.5 cm³/mol. The molecule has 0 atom stereocenters. The van der Waals surface area contributed by atoms with Gasteiger partial charge in [-0.3, -0.25) is 10.1 Å². The number of hydrogen-bond acceptors (Lipinski definition) is 2. The Morgan fingerprint density at radius 2 is 1.75 bits per heavy atom. The molecule has 0 aliphatic rings. The van der Waals surface area contributed by atoms with Gasteiger partial charge in [0.1, 0.15) is 0 Å². The van der Waals surface area contributed by atoms with Crippen LogP contribution < -0.4 is 5.34 Å². The molecule has 0 aromatic rings. The number of hydrogen-bond donors (Lipinski definition) is 1. The van der Waals surface area contributed by atoms with Crippen molar-refractivity contribution in [3.05, 3.63) is 10.1 Å². The van der Waals surface area contributed by atoms with Gasteiger partial charge >= 0.3 is 0 Å². The van der Waals surface area contributed by atoms with Crippen molar-refractivity contribution in [2.45, 2.75) is 0 Å². The Morgan fingerprint density at radius 1 is 1.75 bits per heavy atom.